The molecule has 2 aliphatic heterocycles. The molecule has 15 heavy (non-hydrogen) atoms. The highest BCUT2D eigenvalue weighted by atomic mass is 16.5. The number of hydrogen-bond donors (Lipinski definition) is 1. The maximum atomic E-state index is 5.98. The first-order valence-electron chi connectivity index (χ1n) is 5.86. The SMILES string of the molecule is CC1CN(CC2COCC2N)CC(C)O1. The van der Waals surface area contributed by atoms with Crippen molar-refractivity contribution in [3.05, 3.63) is 0 Å². The maximum Gasteiger partial charge on any atom is 0.0678 e. The summed E-state index contributed by atoms with van der Waals surface area (Å²) in [5, 5.41) is 0. The lowest BCUT2D eigenvalue weighted by Gasteiger charge is -2.36. The van der Waals surface area contributed by atoms with Crippen LogP contribution in [0.25, 0.3) is 0 Å². The third kappa shape index (κ3) is 2.91. The number of nitrogens with zero attached hydrogens (tertiary/aromatic N) is 1. The predicted molar refractivity (Wildman–Crippen MR) is 58.7 cm³/mol. The Morgan fingerprint density at radius 2 is 1.87 bits per heavy atom. The van der Waals surface area contributed by atoms with Gasteiger partial charge in [0.1, 0.15) is 0 Å². The van der Waals surface area contributed by atoms with Gasteiger partial charge in [0.05, 0.1) is 25.4 Å². The minimum atomic E-state index is 0.221. The first-order chi connectivity index (χ1) is 7.15. The molecular weight excluding hydrogens is 192 g/mol. The smallest absolute Gasteiger partial charge is 0.0678 e. The van der Waals surface area contributed by atoms with Crippen LogP contribution in [0, 0.1) is 5.92 Å². The number of rotatable bonds is 2. The average Bonchev–Trinajstić information content (AvgIpc) is 2.50. The van der Waals surface area contributed by atoms with E-state index in [9.17, 15) is 0 Å². The van der Waals surface area contributed by atoms with Gasteiger partial charge in [0.15, 0.2) is 0 Å². The zero-order chi connectivity index (χ0) is 10.8. The first kappa shape index (κ1) is 11.3. The van der Waals surface area contributed by atoms with Gasteiger partial charge in [-0.2, -0.15) is 0 Å². The van der Waals surface area contributed by atoms with E-state index in [0.29, 0.717) is 18.1 Å². The van der Waals surface area contributed by atoms with E-state index in [0.717, 1.165) is 32.8 Å². The van der Waals surface area contributed by atoms with Crippen LogP contribution in [0.5, 0.6) is 0 Å². The van der Waals surface area contributed by atoms with E-state index >= 15 is 0 Å². The summed E-state index contributed by atoms with van der Waals surface area (Å²) in [4.78, 5) is 2.46. The fourth-order valence-electron chi connectivity index (χ4n) is 2.57. The Bertz CT molecular complexity index is 203. The third-order valence-electron chi connectivity index (χ3n) is 3.24. The Labute approximate surface area is 91.7 Å². The van der Waals surface area contributed by atoms with Crippen LogP contribution in [-0.2, 0) is 9.47 Å². The summed E-state index contributed by atoms with van der Waals surface area (Å²) in [6.45, 7) is 8.91. The largest absolute Gasteiger partial charge is 0.379 e. The Hall–Kier alpha value is -0.160. The summed E-state index contributed by atoms with van der Waals surface area (Å²) >= 11 is 0. The van der Waals surface area contributed by atoms with Gasteiger partial charge in [-0.25, -0.2) is 0 Å². The highest BCUT2D eigenvalue weighted by Crippen LogP contribution is 2.17. The van der Waals surface area contributed by atoms with Crippen LogP contribution in [-0.4, -0.2) is 56.0 Å². The normalized spacial score (nSPS) is 43.4. The van der Waals surface area contributed by atoms with Gasteiger partial charge in [-0.1, -0.05) is 0 Å². The van der Waals surface area contributed by atoms with Gasteiger partial charge in [-0.05, 0) is 13.8 Å². The number of nitrogens with two attached hydrogens (primary N) is 1. The standard InChI is InChI=1S/C11H22N2O2/c1-8-3-13(4-9(2)15-8)5-10-6-14-7-11(10)12/h8-11H,3-7,12H2,1-2H3. The number of ether oxygens (including phenoxy) is 2. The summed E-state index contributed by atoms with van der Waals surface area (Å²) in [5.41, 5.74) is 5.98. The molecule has 0 radical (unpaired) electrons. The summed E-state index contributed by atoms with van der Waals surface area (Å²) in [6, 6.07) is 0.221. The molecule has 0 saturated carbocycles. The van der Waals surface area contributed by atoms with Gasteiger partial charge in [0.25, 0.3) is 0 Å². The molecule has 2 saturated heterocycles. The lowest BCUT2D eigenvalue weighted by Crippen LogP contribution is -2.49. The van der Waals surface area contributed by atoms with E-state index < -0.39 is 0 Å². The van der Waals surface area contributed by atoms with E-state index in [1.807, 2.05) is 0 Å². The van der Waals surface area contributed by atoms with Crippen molar-refractivity contribution in [2.75, 3.05) is 32.8 Å². The summed E-state index contributed by atoms with van der Waals surface area (Å²) < 4.78 is 11.1. The van der Waals surface area contributed by atoms with E-state index in [2.05, 4.69) is 18.7 Å². The van der Waals surface area contributed by atoms with Crippen molar-refractivity contribution in [2.24, 2.45) is 11.7 Å². The number of morpholine rings is 1. The van der Waals surface area contributed by atoms with Gasteiger partial charge in [-0.3, -0.25) is 4.90 Å². The summed E-state index contributed by atoms with van der Waals surface area (Å²) in [6.07, 6.45) is 0.680. The fourth-order valence-corrected chi connectivity index (χ4v) is 2.57. The van der Waals surface area contributed by atoms with Crippen molar-refractivity contribution in [2.45, 2.75) is 32.1 Å². The lowest BCUT2D eigenvalue weighted by atomic mass is 10.0. The molecule has 4 unspecified atom stereocenters. The van der Waals surface area contributed by atoms with Crippen molar-refractivity contribution in [1.29, 1.82) is 0 Å². The van der Waals surface area contributed by atoms with E-state index in [4.69, 9.17) is 15.2 Å². The lowest BCUT2D eigenvalue weighted by molar-refractivity contribution is -0.0718. The van der Waals surface area contributed by atoms with E-state index in [1.165, 1.54) is 0 Å². The molecule has 0 spiro atoms. The molecular formula is C11H22N2O2. The molecule has 2 heterocycles. The van der Waals surface area contributed by atoms with Crippen LogP contribution in [0.2, 0.25) is 0 Å². The molecule has 4 nitrogen and oxygen atoms in total. The van der Waals surface area contributed by atoms with E-state index in [1.54, 1.807) is 0 Å². The van der Waals surface area contributed by atoms with Crippen LogP contribution >= 0.6 is 0 Å². The van der Waals surface area contributed by atoms with Gasteiger partial charge in [0, 0.05) is 31.6 Å². The first-order valence-corrected chi connectivity index (χ1v) is 5.86. The minimum absolute atomic E-state index is 0.221. The highest BCUT2D eigenvalue weighted by Gasteiger charge is 2.30. The van der Waals surface area contributed by atoms with Crippen LogP contribution in [0.1, 0.15) is 13.8 Å². The van der Waals surface area contributed by atoms with Gasteiger partial charge >= 0.3 is 0 Å². The second kappa shape index (κ2) is 4.78. The zero-order valence-corrected chi connectivity index (χ0v) is 9.69. The van der Waals surface area contributed by atoms with Crippen molar-refractivity contribution >= 4 is 0 Å². The number of hydrogen-bond acceptors (Lipinski definition) is 4. The highest BCUT2D eigenvalue weighted by molar-refractivity contribution is 4.83. The second-order valence-corrected chi connectivity index (χ2v) is 4.94. The van der Waals surface area contributed by atoms with E-state index in [-0.39, 0.29) is 6.04 Å². The van der Waals surface area contributed by atoms with Crippen molar-refractivity contribution in [1.82, 2.24) is 4.90 Å². The Kier molecular flexibility index (Phi) is 3.61. The van der Waals surface area contributed by atoms with Crippen LogP contribution in [0.3, 0.4) is 0 Å². The van der Waals surface area contributed by atoms with Gasteiger partial charge < -0.3 is 15.2 Å². The van der Waals surface area contributed by atoms with Crippen LogP contribution in [0.15, 0.2) is 0 Å². The van der Waals surface area contributed by atoms with Crippen molar-refractivity contribution in [3.63, 3.8) is 0 Å². The average molecular weight is 214 g/mol. The second-order valence-electron chi connectivity index (χ2n) is 4.94. The molecule has 0 bridgehead atoms. The Morgan fingerprint density at radius 1 is 1.20 bits per heavy atom. The Morgan fingerprint density at radius 3 is 2.40 bits per heavy atom. The Balaban J connectivity index is 1.83. The molecule has 4 atom stereocenters. The zero-order valence-electron chi connectivity index (χ0n) is 9.69. The quantitative estimate of drug-likeness (QED) is 0.706. The molecule has 4 heteroatoms. The molecule has 88 valence electrons. The summed E-state index contributed by atoms with van der Waals surface area (Å²) in [5.74, 6) is 0.502. The van der Waals surface area contributed by atoms with Crippen molar-refractivity contribution in [3.8, 4) is 0 Å². The monoisotopic (exact) mass is 214 g/mol. The molecule has 0 aromatic carbocycles. The van der Waals surface area contributed by atoms with Gasteiger partial charge in [0.2, 0.25) is 0 Å². The molecule has 0 aliphatic carbocycles. The molecule has 2 rings (SSSR count). The minimum Gasteiger partial charge on any atom is -0.379 e. The molecule has 2 aliphatic rings. The van der Waals surface area contributed by atoms with Crippen LogP contribution in [0.4, 0.5) is 0 Å². The fraction of sp³-hybridized carbons (Fsp3) is 1.00. The topological polar surface area (TPSA) is 47.7 Å². The third-order valence-corrected chi connectivity index (χ3v) is 3.24. The molecule has 0 aromatic heterocycles. The molecule has 0 aromatic rings. The molecule has 0 amide bonds. The predicted octanol–water partition coefficient (Wildman–Crippen LogP) is 0.0693. The van der Waals surface area contributed by atoms with Gasteiger partial charge in [-0.15, -0.1) is 0 Å². The maximum absolute atomic E-state index is 5.98. The summed E-state index contributed by atoms with van der Waals surface area (Å²) in [7, 11) is 0. The molecule has 2 fully saturated rings. The van der Waals surface area contributed by atoms with Crippen molar-refractivity contribution < 1.29 is 9.47 Å². The van der Waals surface area contributed by atoms with Crippen LogP contribution < -0.4 is 5.73 Å². The molecule has 2 N–H and O–H groups in total.